The first-order chi connectivity index (χ1) is 12.2. The summed E-state index contributed by atoms with van der Waals surface area (Å²) >= 11 is 0. The molecule has 1 aromatic carbocycles. The molecule has 1 aliphatic heterocycles. The number of carbonyl (C=O) groups excluding carboxylic acids is 1. The number of benzene rings is 1. The summed E-state index contributed by atoms with van der Waals surface area (Å²) in [5.41, 5.74) is 4.71. The Balaban J connectivity index is 1.57. The largest absolute Gasteiger partial charge is 0.506 e. The lowest BCUT2D eigenvalue weighted by Crippen LogP contribution is -2.33. The Hall–Kier alpha value is -3.15. The summed E-state index contributed by atoms with van der Waals surface area (Å²) in [7, 11) is 0. The van der Waals surface area contributed by atoms with Crippen LogP contribution in [0.3, 0.4) is 0 Å². The quantitative estimate of drug-likeness (QED) is 0.754. The van der Waals surface area contributed by atoms with E-state index < -0.39 is 0 Å². The van der Waals surface area contributed by atoms with E-state index in [0.717, 1.165) is 29.8 Å². The number of nitrogens with zero attached hydrogens (tertiary/aromatic N) is 3. The molecule has 0 saturated carbocycles. The van der Waals surface area contributed by atoms with Crippen molar-refractivity contribution in [2.75, 3.05) is 13.1 Å². The number of amides is 1. The first kappa shape index (κ1) is 15.4. The highest BCUT2D eigenvalue weighted by atomic mass is 16.3. The van der Waals surface area contributed by atoms with Crippen LogP contribution >= 0.6 is 0 Å². The van der Waals surface area contributed by atoms with Gasteiger partial charge in [-0.2, -0.15) is 5.10 Å². The van der Waals surface area contributed by atoms with Crippen LogP contribution in [0.25, 0.3) is 11.3 Å². The number of fused-ring (bicyclic) bond motifs is 1. The fourth-order valence-corrected chi connectivity index (χ4v) is 3.25. The van der Waals surface area contributed by atoms with Crippen LogP contribution in [-0.4, -0.2) is 44.2 Å². The lowest BCUT2D eigenvalue weighted by atomic mass is 10.0. The number of aromatic amines is 1. The van der Waals surface area contributed by atoms with E-state index in [0.29, 0.717) is 18.7 Å². The van der Waals surface area contributed by atoms with Crippen molar-refractivity contribution in [2.45, 2.75) is 12.8 Å². The number of pyridine rings is 1. The van der Waals surface area contributed by atoms with Gasteiger partial charge in [0.2, 0.25) is 0 Å². The van der Waals surface area contributed by atoms with Gasteiger partial charge in [0.25, 0.3) is 5.91 Å². The first-order valence-corrected chi connectivity index (χ1v) is 8.27. The summed E-state index contributed by atoms with van der Waals surface area (Å²) in [4.78, 5) is 18.4. The van der Waals surface area contributed by atoms with E-state index in [4.69, 9.17) is 0 Å². The Bertz CT molecular complexity index is 905. The highest BCUT2D eigenvalue weighted by molar-refractivity contribution is 5.94. The molecule has 0 aliphatic carbocycles. The van der Waals surface area contributed by atoms with Gasteiger partial charge in [0.05, 0.1) is 17.5 Å². The third-order valence-electron chi connectivity index (χ3n) is 4.52. The predicted octanol–water partition coefficient (Wildman–Crippen LogP) is 2.42. The van der Waals surface area contributed by atoms with Crippen molar-refractivity contribution in [3.05, 3.63) is 65.6 Å². The normalized spacial score (nSPS) is 14.0. The second-order valence-corrected chi connectivity index (χ2v) is 6.12. The fourth-order valence-electron chi connectivity index (χ4n) is 3.25. The van der Waals surface area contributed by atoms with Gasteiger partial charge >= 0.3 is 0 Å². The second kappa shape index (κ2) is 6.39. The monoisotopic (exact) mass is 334 g/mol. The molecule has 0 saturated heterocycles. The molecule has 126 valence electrons. The number of aromatic hydroxyl groups is 1. The van der Waals surface area contributed by atoms with E-state index in [-0.39, 0.29) is 11.7 Å². The maximum Gasteiger partial charge on any atom is 0.255 e. The zero-order valence-corrected chi connectivity index (χ0v) is 13.6. The number of aromatic nitrogens is 3. The van der Waals surface area contributed by atoms with Crippen LogP contribution < -0.4 is 0 Å². The van der Waals surface area contributed by atoms with E-state index in [1.165, 1.54) is 24.0 Å². The minimum absolute atomic E-state index is 0.00135. The van der Waals surface area contributed by atoms with E-state index >= 15 is 0 Å². The Morgan fingerprint density at radius 1 is 1.12 bits per heavy atom. The highest BCUT2D eigenvalue weighted by Crippen LogP contribution is 2.27. The van der Waals surface area contributed by atoms with E-state index in [9.17, 15) is 9.90 Å². The molecule has 3 aromatic rings. The maximum absolute atomic E-state index is 12.7. The molecule has 0 atom stereocenters. The smallest absolute Gasteiger partial charge is 0.255 e. The average Bonchev–Trinajstić information content (AvgIpc) is 2.93. The number of H-pyrrole nitrogens is 1. The van der Waals surface area contributed by atoms with Gasteiger partial charge in [-0.1, -0.05) is 30.3 Å². The van der Waals surface area contributed by atoms with Crippen molar-refractivity contribution in [3.8, 4) is 17.0 Å². The van der Waals surface area contributed by atoms with Crippen LogP contribution in [0.1, 0.15) is 21.6 Å². The van der Waals surface area contributed by atoms with Gasteiger partial charge < -0.3 is 10.0 Å². The molecule has 2 aromatic heterocycles. The van der Waals surface area contributed by atoms with Crippen LogP contribution in [0, 0.1) is 0 Å². The molecule has 6 heteroatoms. The summed E-state index contributed by atoms with van der Waals surface area (Å²) < 4.78 is 0. The lowest BCUT2D eigenvalue weighted by molar-refractivity contribution is 0.0762. The molecule has 0 fully saturated rings. The first-order valence-electron chi connectivity index (χ1n) is 8.27. The van der Waals surface area contributed by atoms with Gasteiger partial charge in [-0.25, -0.2) is 0 Å². The van der Waals surface area contributed by atoms with E-state index in [2.05, 4.69) is 15.2 Å². The molecule has 6 nitrogen and oxygen atoms in total. The summed E-state index contributed by atoms with van der Waals surface area (Å²) in [5, 5.41) is 17.2. The second-order valence-electron chi connectivity index (χ2n) is 6.12. The Kier molecular flexibility index (Phi) is 3.93. The van der Waals surface area contributed by atoms with Crippen molar-refractivity contribution in [3.63, 3.8) is 0 Å². The average molecular weight is 334 g/mol. The molecule has 0 unspecified atom stereocenters. The van der Waals surface area contributed by atoms with E-state index in [1.807, 2.05) is 30.3 Å². The van der Waals surface area contributed by atoms with Crippen molar-refractivity contribution < 1.29 is 9.90 Å². The molecule has 25 heavy (non-hydrogen) atoms. The van der Waals surface area contributed by atoms with Crippen molar-refractivity contribution in [1.82, 2.24) is 20.1 Å². The van der Waals surface area contributed by atoms with Gasteiger partial charge in [-0.15, -0.1) is 0 Å². The molecule has 0 spiro atoms. The van der Waals surface area contributed by atoms with Crippen LogP contribution in [-0.2, 0) is 12.8 Å². The number of hydrogen-bond donors (Lipinski definition) is 2. The number of nitrogens with one attached hydrogen (secondary N) is 1. The minimum atomic E-state index is -0.109. The Labute approximate surface area is 145 Å². The highest BCUT2D eigenvalue weighted by Gasteiger charge is 2.24. The summed E-state index contributed by atoms with van der Waals surface area (Å²) in [6.45, 7) is 1.22. The molecule has 1 amide bonds. The molecule has 4 rings (SSSR count). The number of rotatable bonds is 2. The van der Waals surface area contributed by atoms with Crippen LogP contribution in [0.2, 0.25) is 0 Å². The SMILES string of the molecule is O=C(c1cncc(O)c1)N1CCc2[nH]nc(-c3ccccc3)c2CC1. The topological polar surface area (TPSA) is 82.1 Å². The Morgan fingerprint density at radius 2 is 1.92 bits per heavy atom. The molecular weight excluding hydrogens is 316 g/mol. The maximum atomic E-state index is 12.7. The fraction of sp³-hybridized carbons (Fsp3) is 0.211. The van der Waals surface area contributed by atoms with Gasteiger partial charge in [0, 0.05) is 42.5 Å². The van der Waals surface area contributed by atoms with E-state index in [1.54, 1.807) is 4.90 Å². The van der Waals surface area contributed by atoms with Crippen molar-refractivity contribution >= 4 is 5.91 Å². The van der Waals surface area contributed by atoms with Gasteiger partial charge in [0.1, 0.15) is 5.75 Å². The molecule has 1 aliphatic rings. The predicted molar refractivity (Wildman–Crippen MR) is 93.2 cm³/mol. The van der Waals surface area contributed by atoms with Gasteiger partial charge in [-0.3, -0.25) is 14.9 Å². The number of carbonyl (C=O) groups is 1. The van der Waals surface area contributed by atoms with Crippen LogP contribution in [0.4, 0.5) is 0 Å². The van der Waals surface area contributed by atoms with Crippen LogP contribution in [0.15, 0.2) is 48.8 Å². The van der Waals surface area contributed by atoms with Crippen LogP contribution in [0.5, 0.6) is 5.75 Å². The molecule has 2 N–H and O–H groups in total. The molecule has 0 bridgehead atoms. The zero-order chi connectivity index (χ0) is 17.2. The van der Waals surface area contributed by atoms with Crippen molar-refractivity contribution in [2.24, 2.45) is 0 Å². The summed E-state index contributed by atoms with van der Waals surface area (Å²) in [6.07, 6.45) is 4.28. The minimum Gasteiger partial charge on any atom is -0.506 e. The third kappa shape index (κ3) is 2.98. The standard InChI is InChI=1S/C19H18N4O2/c24-15-10-14(11-20-12-15)19(25)23-8-6-16-17(7-9-23)21-22-18(16)13-4-2-1-3-5-13/h1-5,10-12,24H,6-9H2,(H,21,22). The molecular formula is C19H18N4O2. The summed E-state index contributed by atoms with van der Waals surface area (Å²) in [6, 6.07) is 11.5. The lowest BCUT2D eigenvalue weighted by Gasteiger charge is -2.20. The zero-order valence-electron chi connectivity index (χ0n) is 13.6. The third-order valence-corrected chi connectivity index (χ3v) is 4.52. The van der Waals surface area contributed by atoms with Gasteiger partial charge in [0.15, 0.2) is 0 Å². The van der Waals surface area contributed by atoms with Crippen molar-refractivity contribution in [1.29, 1.82) is 0 Å². The molecule has 3 heterocycles. The summed E-state index contributed by atoms with van der Waals surface area (Å²) in [5.74, 6) is -0.107. The van der Waals surface area contributed by atoms with Gasteiger partial charge in [-0.05, 0) is 12.5 Å². The molecule has 0 radical (unpaired) electrons. The number of hydrogen-bond acceptors (Lipinski definition) is 4. The Morgan fingerprint density at radius 3 is 2.72 bits per heavy atom.